The normalized spacial score (nSPS) is 18.1. The fraction of sp³-hybridized carbons (Fsp3) is 0.462. The molecule has 1 saturated heterocycles. The van der Waals surface area contributed by atoms with Gasteiger partial charge in [0.05, 0.1) is 4.92 Å². The quantitative estimate of drug-likeness (QED) is 0.653. The molecule has 7 nitrogen and oxygen atoms in total. The Bertz CT molecular complexity index is 544. The third-order valence-electron chi connectivity index (χ3n) is 3.39. The van der Waals surface area contributed by atoms with Crippen molar-refractivity contribution in [3.05, 3.63) is 33.9 Å². The second-order valence-electron chi connectivity index (χ2n) is 5.15. The fourth-order valence-electron chi connectivity index (χ4n) is 2.33. The number of nitro benzene ring substituents is 1. The molecule has 0 aromatic heterocycles. The van der Waals surface area contributed by atoms with Crippen LogP contribution in [0.5, 0.6) is 0 Å². The molecule has 1 aliphatic rings. The number of hydrogen-bond donors (Lipinski definition) is 1. The van der Waals surface area contributed by atoms with Crippen molar-refractivity contribution < 1.29 is 9.72 Å². The Labute approximate surface area is 117 Å². The number of carbonyl (C=O) groups excluding carboxylic acids is 1. The van der Waals surface area contributed by atoms with Gasteiger partial charge in [-0.2, -0.15) is 0 Å². The van der Waals surface area contributed by atoms with Crippen molar-refractivity contribution in [1.82, 2.24) is 4.90 Å². The highest BCUT2D eigenvalue weighted by atomic mass is 16.6. The van der Waals surface area contributed by atoms with Gasteiger partial charge in [-0.3, -0.25) is 14.9 Å². The Morgan fingerprint density at radius 3 is 2.70 bits per heavy atom. The first-order valence-corrected chi connectivity index (χ1v) is 6.40. The monoisotopic (exact) mass is 278 g/mol. The Hall–Kier alpha value is -2.15. The van der Waals surface area contributed by atoms with Gasteiger partial charge < -0.3 is 15.5 Å². The van der Waals surface area contributed by atoms with Gasteiger partial charge in [-0.1, -0.05) is 0 Å². The van der Waals surface area contributed by atoms with E-state index in [1.54, 1.807) is 20.2 Å². The van der Waals surface area contributed by atoms with Crippen LogP contribution in [0.1, 0.15) is 16.8 Å². The highest BCUT2D eigenvalue weighted by Gasteiger charge is 2.27. The molecule has 108 valence electrons. The van der Waals surface area contributed by atoms with Crippen LogP contribution in [0.2, 0.25) is 0 Å². The van der Waals surface area contributed by atoms with Gasteiger partial charge in [0.1, 0.15) is 5.69 Å². The van der Waals surface area contributed by atoms with Crippen LogP contribution < -0.4 is 10.6 Å². The van der Waals surface area contributed by atoms with Gasteiger partial charge in [-0.15, -0.1) is 0 Å². The summed E-state index contributed by atoms with van der Waals surface area (Å²) in [5.74, 6) is -0.176. The van der Waals surface area contributed by atoms with Crippen molar-refractivity contribution in [2.24, 2.45) is 5.73 Å². The Kier molecular flexibility index (Phi) is 3.89. The lowest BCUT2D eigenvalue weighted by molar-refractivity contribution is -0.384. The van der Waals surface area contributed by atoms with E-state index >= 15 is 0 Å². The molecule has 0 saturated carbocycles. The summed E-state index contributed by atoms with van der Waals surface area (Å²) in [6.45, 7) is 1.24. The lowest BCUT2D eigenvalue weighted by atomic mass is 10.1. The Morgan fingerprint density at radius 1 is 1.50 bits per heavy atom. The van der Waals surface area contributed by atoms with E-state index in [1.165, 1.54) is 17.0 Å². The van der Waals surface area contributed by atoms with Gasteiger partial charge >= 0.3 is 0 Å². The maximum absolute atomic E-state index is 12.0. The predicted octanol–water partition coefficient (Wildman–Crippen LogP) is 0.834. The van der Waals surface area contributed by atoms with E-state index in [0.29, 0.717) is 24.3 Å². The minimum atomic E-state index is -0.427. The minimum absolute atomic E-state index is 0.00871. The molecule has 20 heavy (non-hydrogen) atoms. The largest absolute Gasteiger partial charge is 0.364 e. The summed E-state index contributed by atoms with van der Waals surface area (Å²) in [5, 5.41) is 11.1. The number of nitrogens with two attached hydrogens (primary N) is 1. The minimum Gasteiger partial charge on any atom is -0.364 e. The Balaban J connectivity index is 2.42. The van der Waals surface area contributed by atoms with Crippen LogP contribution in [0.25, 0.3) is 0 Å². The van der Waals surface area contributed by atoms with Crippen molar-refractivity contribution >= 4 is 17.3 Å². The summed E-state index contributed by atoms with van der Waals surface area (Å²) in [6, 6.07) is 4.47. The number of nitro groups is 1. The van der Waals surface area contributed by atoms with Crippen molar-refractivity contribution in [3.63, 3.8) is 0 Å². The molecule has 0 aliphatic carbocycles. The highest BCUT2D eigenvalue weighted by Crippen LogP contribution is 2.31. The molecule has 1 aliphatic heterocycles. The molecule has 0 spiro atoms. The van der Waals surface area contributed by atoms with Crippen LogP contribution in [-0.4, -0.2) is 49.0 Å². The van der Waals surface area contributed by atoms with Crippen molar-refractivity contribution in [3.8, 4) is 0 Å². The lowest BCUT2D eigenvalue weighted by Gasteiger charge is -2.19. The third kappa shape index (κ3) is 2.72. The number of benzene rings is 1. The molecular formula is C13H18N4O3. The summed E-state index contributed by atoms with van der Waals surface area (Å²) in [5.41, 5.74) is 6.77. The van der Waals surface area contributed by atoms with E-state index in [4.69, 9.17) is 5.73 Å². The van der Waals surface area contributed by atoms with Crippen molar-refractivity contribution in [1.29, 1.82) is 0 Å². The lowest BCUT2D eigenvalue weighted by Crippen LogP contribution is -2.27. The van der Waals surface area contributed by atoms with Crippen LogP contribution in [0.4, 0.5) is 11.4 Å². The molecule has 0 bridgehead atoms. The number of hydrogen-bond acceptors (Lipinski definition) is 5. The molecule has 1 amide bonds. The van der Waals surface area contributed by atoms with Gasteiger partial charge in [0.25, 0.3) is 11.6 Å². The van der Waals surface area contributed by atoms with Gasteiger partial charge in [-0.25, -0.2) is 0 Å². The molecule has 1 fully saturated rings. The number of anilines is 1. The molecule has 1 unspecified atom stereocenters. The first-order valence-electron chi connectivity index (χ1n) is 6.40. The molecule has 0 radical (unpaired) electrons. The van der Waals surface area contributed by atoms with Crippen LogP contribution in [0.3, 0.4) is 0 Å². The standard InChI is InChI=1S/C13H18N4O3/c1-15(2)13(18)9-3-4-11(17(19)20)12(7-9)16-6-5-10(14)8-16/h3-4,7,10H,5-6,8,14H2,1-2H3. The van der Waals surface area contributed by atoms with Gasteiger partial charge in [0.15, 0.2) is 0 Å². The van der Waals surface area contributed by atoms with Crippen LogP contribution in [-0.2, 0) is 0 Å². The van der Waals surface area contributed by atoms with Crippen molar-refractivity contribution in [2.75, 3.05) is 32.1 Å². The number of amides is 1. The summed E-state index contributed by atoms with van der Waals surface area (Å²) in [4.78, 5) is 26.0. The molecule has 1 aromatic rings. The maximum Gasteiger partial charge on any atom is 0.292 e. The number of carbonyl (C=O) groups is 1. The highest BCUT2D eigenvalue weighted by molar-refractivity contribution is 5.95. The third-order valence-corrected chi connectivity index (χ3v) is 3.39. The smallest absolute Gasteiger partial charge is 0.292 e. The summed E-state index contributed by atoms with van der Waals surface area (Å²) in [7, 11) is 3.30. The number of nitrogens with zero attached hydrogens (tertiary/aromatic N) is 3. The SMILES string of the molecule is CN(C)C(=O)c1ccc([N+](=O)[O-])c(N2CCC(N)C2)c1. The van der Waals surface area contributed by atoms with E-state index in [2.05, 4.69) is 0 Å². The van der Waals surface area contributed by atoms with E-state index in [0.717, 1.165) is 6.42 Å². The number of rotatable bonds is 3. The average Bonchev–Trinajstić information content (AvgIpc) is 2.83. The van der Waals surface area contributed by atoms with E-state index in [1.807, 2.05) is 4.90 Å². The fourth-order valence-corrected chi connectivity index (χ4v) is 2.33. The molecule has 2 rings (SSSR count). The molecule has 1 aromatic carbocycles. The topological polar surface area (TPSA) is 92.7 Å². The van der Waals surface area contributed by atoms with E-state index in [9.17, 15) is 14.9 Å². The van der Waals surface area contributed by atoms with Crippen LogP contribution >= 0.6 is 0 Å². The predicted molar refractivity (Wildman–Crippen MR) is 75.9 cm³/mol. The second-order valence-corrected chi connectivity index (χ2v) is 5.15. The molecule has 2 N–H and O–H groups in total. The van der Waals surface area contributed by atoms with Gasteiger partial charge in [-0.05, 0) is 18.6 Å². The molecule has 7 heteroatoms. The second kappa shape index (κ2) is 5.46. The summed E-state index contributed by atoms with van der Waals surface area (Å²) < 4.78 is 0. The van der Waals surface area contributed by atoms with Crippen LogP contribution in [0.15, 0.2) is 18.2 Å². The average molecular weight is 278 g/mol. The zero-order valence-electron chi connectivity index (χ0n) is 11.6. The Morgan fingerprint density at radius 2 is 2.20 bits per heavy atom. The van der Waals surface area contributed by atoms with Gasteiger partial charge in [0.2, 0.25) is 0 Å². The zero-order valence-corrected chi connectivity index (χ0v) is 11.6. The summed E-state index contributed by atoms with van der Waals surface area (Å²) in [6.07, 6.45) is 0.795. The van der Waals surface area contributed by atoms with Crippen LogP contribution in [0, 0.1) is 10.1 Å². The van der Waals surface area contributed by atoms with Gasteiger partial charge in [0, 0.05) is 44.9 Å². The zero-order chi connectivity index (χ0) is 14.9. The molecule has 1 heterocycles. The molecular weight excluding hydrogens is 260 g/mol. The van der Waals surface area contributed by atoms with E-state index < -0.39 is 4.92 Å². The molecule has 1 atom stereocenters. The summed E-state index contributed by atoms with van der Waals surface area (Å²) >= 11 is 0. The maximum atomic E-state index is 12.0. The van der Waals surface area contributed by atoms with Crippen molar-refractivity contribution in [2.45, 2.75) is 12.5 Å². The first kappa shape index (κ1) is 14.3. The first-order chi connectivity index (χ1) is 9.40. The van der Waals surface area contributed by atoms with E-state index in [-0.39, 0.29) is 17.6 Å².